The fraction of sp³-hybridized carbons (Fsp3) is 0.667. The number of aliphatic hydroxyl groups is 4. The molecule has 4 N–H and O–H groups in total. The summed E-state index contributed by atoms with van der Waals surface area (Å²) in [7, 11) is 0. The van der Waals surface area contributed by atoms with Gasteiger partial charge >= 0.3 is 0 Å². The van der Waals surface area contributed by atoms with Crippen molar-refractivity contribution in [2.45, 2.75) is 67.6 Å². The Bertz CT molecular complexity index is 361. The maximum atomic E-state index is 10.2. The van der Waals surface area contributed by atoms with Gasteiger partial charge in [0.1, 0.15) is 0 Å². The fourth-order valence-electron chi connectivity index (χ4n) is 0.727. The normalized spacial score (nSPS) is 10.1. The van der Waals surface area contributed by atoms with Crippen molar-refractivity contribution in [3.8, 4) is 0 Å². The Hall–Kier alpha value is -1.35. The molecule has 0 spiro atoms. The third kappa shape index (κ3) is 79.0. The Kier molecular flexibility index (Phi) is 36.4. The minimum Gasteiger partial charge on any atom is -0.481 e. The van der Waals surface area contributed by atoms with E-state index in [2.05, 4.69) is 9.47 Å². The topological polar surface area (TPSA) is 134 Å². The van der Waals surface area contributed by atoms with Gasteiger partial charge in [-0.1, -0.05) is 0 Å². The van der Waals surface area contributed by atoms with Gasteiger partial charge in [0.05, 0.1) is 25.4 Å². The van der Waals surface area contributed by atoms with E-state index in [0.717, 1.165) is 12.2 Å². The van der Waals surface area contributed by atoms with E-state index in [9.17, 15) is 9.59 Å². The second kappa shape index (κ2) is 26.9. The van der Waals surface area contributed by atoms with Crippen LogP contribution >= 0.6 is 0 Å². The van der Waals surface area contributed by atoms with Crippen molar-refractivity contribution >= 4 is 11.6 Å². The van der Waals surface area contributed by atoms with Gasteiger partial charge in [0.25, 0.3) is 11.9 Å². The SMILES string of the molecule is CC(C)O.CC(C)O.CCOC(O)=CC(C)=O.CCOC(O)=CC(C)=O.[Ti]. The predicted octanol–water partition coefficient (Wildman–Crippen LogP) is 2.79. The number of hydrogen-bond acceptors (Lipinski definition) is 8. The van der Waals surface area contributed by atoms with Crippen molar-refractivity contribution < 1.29 is 61.2 Å². The zero-order valence-corrected chi connectivity index (χ0v) is 19.2. The van der Waals surface area contributed by atoms with Gasteiger partial charge in [-0.2, -0.15) is 0 Å². The van der Waals surface area contributed by atoms with Crippen LogP contribution in [0.2, 0.25) is 0 Å². The molecule has 0 aromatic heterocycles. The summed E-state index contributed by atoms with van der Waals surface area (Å²) in [6.07, 6.45) is 1.73. The minimum absolute atomic E-state index is 0. The first kappa shape index (κ1) is 36.6. The first-order valence-corrected chi connectivity index (χ1v) is 8.24. The van der Waals surface area contributed by atoms with E-state index < -0.39 is 0 Å². The molecule has 0 atom stereocenters. The average molecular weight is 428 g/mol. The van der Waals surface area contributed by atoms with E-state index in [4.69, 9.17) is 20.4 Å². The first-order valence-electron chi connectivity index (χ1n) is 8.24. The van der Waals surface area contributed by atoms with Gasteiger partial charge in [-0.15, -0.1) is 0 Å². The van der Waals surface area contributed by atoms with Gasteiger partial charge in [-0.25, -0.2) is 0 Å². The number of aliphatic hydroxyl groups excluding tert-OH is 4. The smallest absolute Gasteiger partial charge is 0.280 e. The number of ether oxygens (including phenoxy) is 2. The van der Waals surface area contributed by atoms with Crippen LogP contribution in [-0.4, -0.2) is 57.4 Å². The summed E-state index contributed by atoms with van der Waals surface area (Å²) >= 11 is 0. The Morgan fingerprint density at radius 3 is 1.07 bits per heavy atom. The van der Waals surface area contributed by atoms with Gasteiger partial charge in [0, 0.05) is 33.9 Å². The van der Waals surface area contributed by atoms with E-state index in [1.807, 2.05) is 0 Å². The Morgan fingerprint density at radius 2 is 0.963 bits per heavy atom. The summed E-state index contributed by atoms with van der Waals surface area (Å²) in [4.78, 5) is 20.4. The number of rotatable bonds is 6. The van der Waals surface area contributed by atoms with Crippen LogP contribution in [0.3, 0.4) is 0 Å². The number of allylic oxidation sites excluding steroid dienone is 2. The molecule has 0 saturated heterocycles. The molecule has 0 aromatic rings. The third-order valence-corrected chi connectivity index (χ3v) is 1.24. The predicted molar refractivity (Wildman–Crippen MR) is 101 cm³/mol. The zero-order valence-electron chi connectivity index (χ0n) is 17.6. The molecule has 0 saturated carbocycles. The summed E-state index contributed by atoms with van der Waals surface area (Å²) in [6, 6.07) is 0. The maximum absolute atomic E-state index is 10.2. The van der Waals surface area contributed by atoms with Crippen LogP contribution in [0.25, 0.3) is 0 Å². The van der Waals surface area contributed by atoms with Crippen LogP contribution in [0.4, 0.5) is 0 Å². The van der Waals surface area contributed by atoms with Crippen molar-refractivity contribution in [1.82, 2.24) is 0 Å². The summed E-state index contributed by atoms with van der Waals surface area (Å²) in [5, 5.41) is 33.4. The molecule has 27 heavy (non-hydrogen) atoms. The third-order valence-electron chi connectivity index (χ3n) is 1.24. The number of carbonyl (C=O) groups is 2. The second-order valence-corrected chi connectivity index (χ2v) is 5.24. The van der Waals surface area contributed by atoms with E-state index in [-0.39, 0.29) is 57.4 Å². The van der Waals surface area contributed by atoms with Crippen LogP contribution in [0.5, 0.6) is 0 Å². The molecule has 0 bridgehead atoms. The monoisotopic (exact) mass is 428 g/mol. The van der Waals surface area contributed by atoms with Gasteiger partial charge in [0.2, 0.25) is 0 Å². The average Bonchev–Trinajstić information content (AvgIpc) is 2.36. The fourth-order valence-corrected chi connectivity index (χ4v) is 0.727. The van der Waals surface area contributed by atoms with E-state index in [1.165, 1.54) is 13.8 Å². The molecule has 0 aliphatic heterocycles. The van der Waals surface area contributed by atoms with Crippen molar-refractivity contribution in [2.75, 3.05) is 13.2 Å². The first-order chi connectivity index (χ1) is 11.8. The van der Waals surface area contributed by atoms with Gasteiger partial charge in [-0.3, -0.25) is 9.59 Å². The quantitative estimate of drug-likeness (QED) is 0.288. The van der Waals surface area contributed by atoms with E-state index in [0.29, 0.717) is 13.2 Å². The second-order valence-electron chi connectivity index (χ2n) is 5.24. The standard InChI is InChI=1S/2C6H10O3.2C3H8O.Ti/c2*1-3-9-6(8)4-5(2)7;2*1-3(2)4;/h2*4,8H,3H2,1-2H3;2*3-4H,1-2H3;. The van der Waals surface area contributed by atoms with Crippen molar-refractivity contribution in [3.63, 3.8) is 0 Å². The van der Waals surface area contributed by atoms with Crippen LogP contribution in [0.15, 0.2) is 24.0 Å². The molecule has 0 aromatic carbocycles. The van der Waals surface area contributed by atoms with E-state index >= 15 is 0 Å². The molecule has 0 aliphatic carbocycles. The zero-order chi connectivity index (χ0) is 21.7. The molecule has 0 rings (SSSR count). The van der Waals surface area contributed by atoms with Gasteiger partial charge < -0.3 is 29.9 Å². The molecule has 0 radical (unpaired) electrons. The molecule has 9 heteroatoms. The largest absolute Gasteiger partial charge is 0.481 e. The van der Waals surface area contributed by atoms with E-state index in [1.54, 1.807) is 41.5 Å². The molecule has 8 nitrogen and oxygen atoms in total. The minimum atomic E-state index is -0.315. The summed E-state index contributed by atoms with van der Waals surface area (Å²) in [5.74, 6) is -1.07. The number of ketones is 2. The number of hydrogen-bond donors (Lipinski definition) is 4. The molecule has 0 amide bonds. The summed E-state index contributed by atoms with van der Waals surface area (Å²) in [6.45, 7) is 13.8. The van der Waals surface area contributed by atoms with Crippen molar-refractivity contribution in [3.05, 3.63) is 24.0 Å². The molecule has 0 aliphatic rings. The van der Waals surface area contributed by atoms with Gasteiger partial charge in [0.15, 0.2) is 11.6 Å². The van der Waals surface area contributed by atoms with Crippen molar-refractivity contribution in [1.29, 1.82) is 0 Å². The molecular weight excluding hydrogens is 392 g/mol. The summed E-state index contributed by atoms with van der Waals surface area (Å²) < 4.78 is 9.10. The summed E-state index contributed by atoms with van der Waals surface area (Å²) in [5.41, 5.74) is 0. The number of carbonyl (C=O) groups excluding carboxylic acids is 2. The van der Waals surface area contributed by atoms with Crippen LogP contribution in [-0.2, 0) is 40.8 Å². The molecular formula is C18H36O8Ti. The van der Waals surface area contributed by atoms with Crippen LogP contribution in [0.1, 0.15) is 55.4 Å². The molecule has 0 heterocycles. The Labute approximate surface area is 177 Å². The molecule has 0 fully saturated rings. The Balaban J connectivity index is -0.0000000843. The van der Waals surface area contributed by atoms with Crippen LogP contribution in [0, 0.1) is 0 Å². The molecule has 160 valence electrons. The maximum Gasteiger partial charge on any atom is 0.280 e. The van der Waals surface area contributed by atoms with Crippen LogP contribution < -0.4 is 0 Å². The van der Waals surface area contributed by atoms with Crippen molar-refractivity contribution in [2.24, 2.45) is 0 Å². The molecule has 0 unspecified atom stereocenters. The Morgan fingerprint density at radius 1 is 0.778 bits per heavy atom. The van der Waals surface area contributed by atoms with Gasteiger partial charge in [-0.05, 0) is 55.4 Å².